The average Bonchev–Trinajstić information content (AvgIpc) is 2.35. The molecule has 0 aliphatic carbocycles. The van der Waals surface area contributed by atoms with Crippen molar-refractivity contribution in [2.75, 3.05) is 26.7 Å². The van der Waals surface area contributed by atoms with Crippen LogP contribution in [0.4, 0.5) is 4.39 Å². The van der Waals surface area contributed by atoms with E-state index in [9.17, 15) is 9.18 Å². The van der Waals surface area contributed by atoms with Crippen molar-refractivity contribution in [3.63, 3.8) is 0 Å². The summed E-state index contributed by atoms with van der Waals surface area (Å²) in [5, 5.41) is 5.72. The molecule has 1 aromatic rings. The highest BCUT2D eigenvalue weighted by Gasteiger charge is 2.00. The summed E-state index contributed by atoms with van der Waals surface area (Å²) in [5.41, 5.74) is 0. The number of hydrogen-bond acceptors (Lipinski definition) is 3. The zero-order chi connectivity index (χ0) is 13.2. The van der Waals surface area contributed by atoms with Gasteiger partial charge in [-0.2, -0.15) is 0 Å². The number of hydrogen-bond donors (Lipinski definition) is 2. The number of carbonyl (C=O) groups excluding carboxylic acids is 1. The molecule has 4 nitrogen and oxygen atoms in total. The molecule has 0 bridgehead atoms. The van der Waals surface area contributed by atoms with Gasteiger partial charge in [0.15, 0.2) is 0 Å². The summed E-state index contributed by atoms with van der Waals surface area (Å²) in [6, 6.07) is 5.93. The first kappa shape index (κ1) is 14.4. The highest BCUT2D eigenvalue weighted by Crippen LogP contribution is 2.11. The molecule has 0 aromatic heterocycles. The first-order valence-electron chi connectivity index (χ1n) is 6.02. The zero-order valence-electron chi connectivity index (χ0n) is 10.5. The van der Waals surface area contributed by atoms with E-state index in [4.69, 9.17) is 4.74 Å². The lowest BCUT2D eigenvalue weighted by Gasteiger charge is -2.07. The molecule has 18 heavy (non-hydrogen) atoms. The minimum atomic E-state index is -0.330. The van der Waals surface area contributed by atoms with E-state index in [2.05, 4.69) is 10.6 Å². The summed E-state index contributed by atoms with van der Waals surface area (Å²) in [7, 11) is 1.85. The molecule has 1 rings (SSSR count). The molecule has 0 saturated heterocycles. The van der Waals surface area contributed by atoms with Gasteiger partial charge in [-0.25, -0.2) is 4.39 Å². The summed E-state index contributed by atoms with van der Waals surface area (Å²) >= 11 is 0. The third kappa shape index (κ3) is 6.20. The van der Waals surface area contributed by atoms with Gasteiger partial charge in [-0.05, 0) is 32.1 Å². The summed E-state index contributed by atoms with van der Waals surface area (Å²) in [4.78, 5) is 11.3. The van der Waals surface area contributed by atoms with Crippen LogP contribution >= 0.6 is 0 Å². The predicted molar refractivity (Wildman–Crippen MR) is 68.1 cm³/mol. The van der Waals surface area contributed by atoms with Gasteiger partial charge in [-0.15, -0.1) is 0 Å². The third-order valence-electron chi connectivity index (χ3n) is 2.32. The number of ether oxygens (including phenoxy) is 1. The summed E-state index contributed by atoms with van der Waals surface area (Å²) < 4.78 is 18.1. The Kier molecular flexibility index (Phi) is 6.79. The Balaban J connectivity index is 2.09. The van der Waals surface area contributed by atoms with E-state index in [1.54, 1.807) is 12.1 Å². The molecule has 0 aliphatic rings. The second kappa shape index (κ2) is 8.47. The Morgan fingerprint density at radius 1 is 1.39 bits per heavy atom. The molecule has 1 aromatic carbocycles. The number of benzene rings is 1. The lowest BCUT2D eigenvalue weighted by molar-refractivity contribution is -0.121. The van der Waals surface area contributed by atoms with Gasteiger partial charge < -0.3 is 15.4 Å². The summed E-state index contributed by atoms with van der Waals surface area (Å²) in [6.45, 7) is 1.59. The number of amides is 1. The standard InChI is InChI=1S/C13H19FN2O2/c1-15-7-3-6-13(17)16-8-9-18-12-5-2-4-11(14)10-12/h2,4-5,10,15H,3,6-9H2,1H3,(H,16,17). The van der Waals surface area contributed by atoms with Gasteiger partial charge in [0.05, 0.1) is 6.54 Å². The third-order valence-corrected chi connectivity index (χ3v) is 2.32. The van der Waals surface area contributed by atoms with Crippen LogP contribution in [0.1, 0.15) is 12.8 Å². The van der Waals surface area contributed by atoms with Crippen molar-refractivity contribution in [1.82, 2.24) is 10.6 Å². The predicted octanol–water partition coefficient (Wildman–Crippen LogP) is 1.32. The van der Waals surface area contributed by atoms with Crippen molar-refractivity contribution >= 4 is 5.91 Å². The highest BCUT2D eigenvalue weighted by molar-refractivity contribution is 5.75. The Morgan fingerprint density at radius 2 is 2.22 bits per heavy atom. The molecule has 0 heterocycles. The van der Waals surface area contributed by atoms with E-state index < -0.39 is 0 Å². The van der Waals surface area contributed by atoms with Crippen LogP contribution in [0.15, 0.2) is 24.3 Å². The fourth-order valence-corrected chi connectivity index (χ4v) is 1.43. The van der Waals surface area contributed by atoms with Crippen LogP contribution in [0, 0.1) is 5.82 Å². The van der Waals surface area contributed by atoms with Gasteiger partial charge in [0.25, 0.3) is 0 Å². The van der Waals surface area contributed by atoms with Gasteiger partial charge in [-0.3, -0.25) is 4.79 Å². The van der Waals surface area contributed by atoms with Gasteiger partial charge >= 0.3 is 0 Å². The van der Waals surface area contributed by atoms with Crippen molar-refractivity contribution in [3.8, 4) is 5.75 Å². The largest absolute Gasteiger partial charge is 0.492 e. The number of nitrogens with one attached hydrogen (secondary N) is 2. The Labute approximate surface area is 107 Å². The zero-order valence-corrected chi connectivity index (χ0v) is 10.5. The van der Waals surface area contributed by atoms with E-state index >= 15 is 0 Å². The normalized spacial score (nSPS) is 10.1. The topological polar surface area (TPSA) is 50.4 Å². The Bertz CT molecular complexity index is 372. The van der Waals surface area contributed by atoms with E-state index in [-0.39, 0.29) is 11.7 Å². The van der Waals surface area contributed by atoms with Gasteiger partial charge in [0.2, 0.25) is 5.91 Å². The fourth-order valence-electron chi connectivity index (χ4n) is 1.43. The molecule has 0 aliphatic heterocycles. The molecule has 1 amide bonds. The van der Waals surface area contributed by atoms with Crippen molar-refractivity contribution in [2.24, 2.45) is 0 Å². The lowest BCUT2D eigenvalue weighted by Crippen LogP contribution is -2.28. The molecule has 2 N–H and O–H groups in total. The minimum absolute atomic E-state index is 0.00749. The molecule has 0 atom stereocenters. The second-order valence-corrected chi connectivity index (χ2v) is 3.86. The highest BCUT2D eigenvalue weighted by atomic mass is 19.1. The minimum Gasteiger partial charge on any atom is -0.492 e. The molecule has 0 unspecified atom stereocenters. The lowest BCUT2D eigenvalue weighted by atomic mass is 10.3. The molecule has 0 saturated carbocycles. The number of rotatable bonds is 8. The van der Waals surface area contributed by atoms with Gasteiger partial charge in [0, 0.05) is 12.5 Å². The molecule has 0 spiro atoms. The maximum Gasteiger partial charge on any atom is 0.220 e. The Hall–Kier alpha value is -1.62. The monoisotopic (exact) mass is 254 g/mol. The molecule has 100 valence electrons. The van der Waals surface area contributed by atoms with E-state index in [0.29, 0.717) is 25.3 Å². The van der Waals surface area contributed by atoms with Crippen LogP contribution < -0.4 is 15.4 Å². The smallest absolute Gasteiger partial charge is 0.220 e. The van der Waals surface area contributed by atoms with Crippen LogP contribution in [0.2, 0.25) is 0 Å². The number of carbonyl (C=O) groups is 1. The summed E-state index contributed by atoms with van der Waals surface area (Å²) in [5.74, 6) is 0.149. The van der Waals surface area contributed by atoms with Crippen molar-refractivity contribution in [1.29, 1.82) is 0 Å². The SMILES string of the molecule is CNCCCC(=O)NCCOc1cccc(F)c1. The van der Waals surface area contributed by atoms with E-state index in [1.165, 1.54) is 12.1 Å². The quantitative estimate of drug-likeness (QED) is 0.688. The van der Waals surface area contributed by atoms with Crippen LogP contribution in [0.5, 0.6) is 5.75 Å². The maximum atomic E-state index is 12.8. The first-order valence-corrected chi connectivity index (χ1v) is 6.02. The van der Waals surface area contributed by atoms with Crippen molar-refractivity contribution in [2.45, 2.75) is 12.8 Å². The van der Waals surface area contributed by atoms with Crippen LogP contribution in [0.25, 0.3) is 0 Å². The first-order chi connectivity index (χ1) is 8.72. The van der Waals surface area contributed by atoms with Gasteiger partial charge in [-0.1, -0.05) is 6.07 Å². The fraction of sp³-hybridized carbons (Fsp3) is 0.462. The second-order valence-electron chi connectivity index (χ2n) is 3.86. The van der Waals surface area contributed by atoms with Crippen LogP contribution in [-0.2, 0) is 4.79 Å². The van der Waals surface area contributed by atoms with Crippen molar-refractivity contribution in [3.05, 3.63) is 30.1 Å². The molecule has 0 fully saturated rings. The average molecular weight is 254 g/mol. The van der Waals surface area contributed by atoms with E-state index in [1.807, 2.05) is 7.05 Å². The van der Waals surface area contributed by atoms with Crippen LogP contribution in [0.3, 0.4) is 0 Å². The summed E-state index contributed by atoms with van der Waals surface area (Å²) in [6.07, 6.45) is 1.31. The van der Waals surface area contributed by atoms with E-state index in [0.717, 1.165) is 13.0 Å². The molecule has 5 heteroatoms. The molecular weight excluding hydrogens is 235 g/mol. The van der Waals surface area contributed by atoms with Crippen LogP contribution in [-0.4, -0.2) is 32.7 Å². The number of halogens is 1. The van der Waals surface area contributed by atoms with Crippen molar-refractivity contribution < 1.29 is 13.9 Å². The maximum absolute atomic E-state index is 12.8. The molecular formula is C13H19FN2O2. The molecule has 0 radical (unpaired) electrons. The van der Waals surface area contributed by atoms with Gasteiger partial charge in [0.1, 0.15) is 18.2 Å². The Morgan fingerprint density at radius 3 is 2.94 bits per heavy atom.